The third-order valence-electron chi connectivity index (χ3n) is 2.12. The number of aromatic nitrogens is 2. The first-order valence-corrected chi connectivity index (χ1v) is 5.04. The van der Waals surface area contributed by atoms with Crippen LogP contribution in [0.15, 0.2) is 49.1 Å². The molecule has 1 heterocycles. The van der Waals surface area contributed by atoms with Crippen molar-refractivity contribution in [3.8, 4) is 0 Å². The van der Waals surface area contributed by atoms with Gasteiger partial charge in [-0.2, -0.15) is 0 Å². The van der Waals surface area contributed by atoms with Gasteiger partial charge in [0.25, 0.3) is 0 Å². The molecule has 1 N–H and O–H groups in total. The van der Waals surface area contributed by atoms with Gasteiger partial charge in [-0.25, -0.2) is 9.59 Å². The van der Waals surface area contributed by atoms with Crippen LogP contribution in [0.2, 0.25) is 0 Å². The summed E-state index contributed by atoms with van der Waals surface area (Å²) >= 11 is 0. The number of carbonyl (C=O) groups is 2. The van der Waals surface area contributed by atoms with Crippen LogP contribution in [0.4, 0.5) is 0 Å². The number of hydrogen-bond acceptors (Lipinski definition) is 4. The molecular formula is C12H10N2NaO4+. The molecule has 0 aliphatic heterocycles. The van der Waals surface area contributed by atoms with Gasteiger partial charge in [-0.1, -0.05) is 11.1 Å². The fraction of sp³-hybridized carbons (Fsp3) is 0. The molecule has 0 fully saturated rings. The van der Waals surface area contributed by atoms with Crippen LogP contribution in [-0.4, -0.2) is 22.0 Å². The topological polar surface area (TPSA) is 80.4 Å². The Kier molecular flexibility index (Phi) is 5.62. The third-order valence-corrected chi connectivity index (χ3v) is 2.12. The number of aromatic carboxylic acids is 1. The van der Waals surface area contributed by atoms with E-state index in [9.17, 15) is 9.59 Å². The molecular weight excluding hydrogens is 259 g/mol. The number of rotatable bonds is 3. The first kappa shape index (κ1) is 15.3. The molecule has 6 nitrogen and oxygen atoms in total. The molecule has 0 unspecified atom stereocenters. The van der Waals surface area contributed by atoms with Gasteiger partial charge in [-0.05, 0) is 22.9 Å². The van der Waals surface area contributed by atoms with E-state index >= 15 is 0 Å². The number of carbonyl (C=O) groups excluding carboxylic acids is 1. The van der Waals surface area contributed by atoms with Crippen LogP contribution in [-0.2, 0) is 0 Å². The Bertz CT molecular complexity index is 595. The first-order valence-electron chi connectivity index (χ1n) is 5.04. The van der Waals surface area contributed by atoms with Gasteiger partial charge in [0.15, 0.2) is 0 Å². The van der Waals surface area contributed by atoms with Gasteiger partial charge in [0.1, 0.15) is 12.4 Å². The van der Waals surface area contributed by atoms with Crippen molar-refractivity contribution in [2.24, 2.45) is 0 Å². The van der Waals surface area contributed by atoms with Crippen molar-refractivity contribution in [1.82, 2.24) is 4.98 Å². The van der Waals surface area contributed by atoms with Crippen LogP contribution in [0.25, 0.3) is 0 Å². The molecule has 1 aromatic heterocycles. The van der Waals surface area contributed by atoms with Gasteiger partial charge in [0.05, 0.1) is 11.1 Å². The van der Waals surface area contributed by atoms with Crippen molar-refractivity contribution < 1.29 is 55.2 Å². The van der Waals surface area contributed by atoms with E-state index in [4.69, 9.17) is 9.94 Å². The van der Waals surface area contributed by atoms with Gasteiger partial charge in [0.2, 0.25) is 0 Å². The van der Waals surface area contributed by atoms with Crippen molar-refractivity contribution in [1.29, 1.82) is 0 Å². The van der Waals surface area contributed by atoms with Gasteiger partial charge >= 0.3 is 47.8 Å². The average Bonchev–Trinajstić information content (AvgIpc) is 2.40. The molecule has 0 aliphatic carbocycles. The Morgan fingerprint density at radius 2 is 2.00 bits per heavy atom. The Morgan fingerprint density at radius 1 is 1.26 bits per heavy atom. The first-order chi connectivity index (χ1) is 8.66. The van der Waals surface area contributed by atoms with Gasteiger partial charge in [-0.3, -0.25) is 4.84 Å². The fourth-order valence-corrected chi connectivity index (χ4v) is 1.30. The van der Waals surface area contributed by atoms with Crippen molar-refractivity contribution in [2.75, 3.05) is 0 Å². The second kappa shape index (κ2) is 6.98. The minimum atomic E-state index is -1.10. The molecule has 0 spiro atoms. The number of hydrogen-bond donors (Lipinski definition) is 1. The van der Waals surface area contributed by atoms with Crippen LogP contribution < -0.4 is 39.1 Å². The minimum absolute atomic E-state index is 0. The van der Waals surface area contributed by atoms with E-state index in [0.29, 0.717) is 0 Å². The summed E-state index contributed by atoms with van der Waals surface area (Å²) in [6.45, 7) is 0. The largest absolute Gasteiger partial charge is 1.00 e. The number of nitrogens with zero attached hydrogens (tertiary/aromatic N) is 2. The molecule has 92 valence electrons. The number of benzene rings is 1. The van der Waals surface area contributed by atoms with Crippen molar-refractivity contribution >= 4 is 11.9 Å². The summed E-state index contributed by atoms with van der Waals surface area (Å²) in [5.74, 6) is -1.75. The average molecular weight is 269 g/mol. The summed E-state index contributed by atoms with van der Waals surface area (Å²) in [6.07, 6.45) is 4.36. The zero-order valence-corrected chi connectivity index (χ0v) is 12.2. The van der Waals surface area contributed by atoms with Gasteiger partial charge in [-0.15, -0.1) is 0 Å². The van der Waals surface area contributed by atoms with E-state index < -0.39 is 11.9 Å². The van der Waals surface area contributed by atoms with Crippen LogP contribution in [0.1, 0.15) is 22.1 Å². The minimum Gasteiger partial charge on any atom is -1.00 e. The summed E-state index contributed by atoms with van der Waals surface area (Å²) < 4.78 is 1.13. The van der Waals surface area contributed by atoms with E-state index in [1.54, 1.807) is 6.07 Å². The Balaban J connectivity index is 0.00000180. The zero-order chi connectivity index (χ0) is 13.0. The van der Waals surface area contributed by atoms with Gasteiger partial charge in [0, 0.05) is 6.07 Å². The van der Waals surface area contributed by atoms with Crippen LogP contribution in [0.3, 0.4) is 0 Å². The molecule has 0 radical (unpaired) electrons. The van der Waals surface area contributed by atoms with E-state index in [0.717, 1.165) is 4.73 Å². The molecule has 7 heteroatoms. The molecule has 2 rings (SSSR count). The van der Waals surface area contributed by atoms with Gasteiger partial charge < -0.3 is 6.53 Å². The molecule has 0 saturated carbocycles. The SMILES string of the molecule is O=C(O)c1cccc(C(=O)O[n+]2cccnc2)c1.[H-].[Na+]. The van der Waals surface area contributed by atoms with E-state index in [1.807, 2.05) is 0 Å². The smallest absolute Gasteiger partial charge is 1.00 e. The molecule has 0 amide bonds. The van der Waals surface area contributed by atoms with E-state index in [1.165, 1.54) is 43.0 Å². The van der Waals surface area contributed by atoms with Crippen molar-refractivity contribution in [3.63, 3.8) is 0 Å². The quantitative estimate of drug-likeness (QED) is 0.490. The monoisotopic (exact) mass is 269 g/mol. The maximum absolute atomic E-state index is 11.7. The molecule has 0 atom stereocenters. The van der Waals surface area contributed by atoms with Crippen LogP contribution in [0.5, 0.6) is 0 Å². The molecule has 0 saturated heterocycles. The maximum atomic E-state index is 11.7. The summed E-state index contributed by atoms with van der Waals surface area (Å²) in [6, 6.07) is 7.21. The Labute approximate surface area is 132 Å². The second-order valence-corrected chi connectivity index (χ2v) is 3.38. The Morgan fingerprint density at radius 3 is 2.63 bits per heavy atom. The predicted molar refractivity (Wildman–Crippen MR) is 59.9 cm³/mol. The van der Waals surface area contributed by atoms with Crippen molar-refractivity contribution in [3.05, 3.63) is 60.2 Å². The predicted octanol–water partition coefficient (Wildman–Crippen LogP) is -2.55. The third kappa shape index (κ3) is 4.13. The molecule has 0 aliphatic rings. The number of carboxylic acids is 1. The maximum Gasteiger partial charge on any atom is 1.00 e. The molecule has 19 heavy (non-hydrogen) atoms. The number of carboxylic acid groups (broad SMARTS) is 1. The zero-order valence-electron chi connectivity index (χ0n) is 11.2. The van der Waals surface area contributed by atoms with Crippen LogP contribution >= 0.6 is 0 Å². The van der Waals surface area contributed by atoms with E-state index in [-0.39, 0.29) is 42.1 Å². The van der Waals surface area contributed by atoms with E-state index in [2.05, 4.69) is 4.98 Å². The fourth-order valence-electron chi connectivity index (χ4n) is 1.30. The molecule has 0 bridgehead atoms. The summed E-state index contributed by atoms with van der Waals surface area (Å²) in [5, 5.41) is 8.81. The Hall–Kier alpha value is -1.76. The summed E-state index contributed by atoms with van der Waals surface area (Å²) in [5.41, 5.74) is 0.187. The normalized spacial score (nSPS) is 9.26. The second-order valence-electron chi connectivity index (χ2n) is 3.38. The standard InChI is InChI=1S/C12H8N2O4.Na.H/c15-11(16)9-3-1-4-10(7-9)12(17)18-14-6-2-5-13-8-14;;/h1-8H;;/q;+1;-1/p+1. The summed E-state index contributed by atoms with van der Waals surface area (Å²) in [4.78, 5) is 31.2. The molecule has 2 aromatic rings. The molecule has 1 aromatic carbocycles. The summed E-state index contributed by atoms with van der Waals surface area (Å²) in [7, 11) is 0. The van der Waals surface area contributed by atoms with Crippen LogP contribution in [0, 0.1) is 0 Å². The van der Waals surface area contributed by atoms with Crippen molar-refractivity contribution in [2.45, 2.75) is 0 Å².